The number of nitrogens with zero attached hydrogens (tertiary/aromatic N) is 2. The minimum absolute atomic E-state index is 0.272. The van der Waals surface area contributed by atoms with Crippen molar-refractivity contribution in [2.75, 3.05) is 26.2 Å². The summed E-state index contributed by atoms with van der Waals surface area (Å²) in [7, 11) is -1.50. The Hall–Kier alpha value is -1.22. The van der Waals surface area contributed by atoms with Crippen LogP contribution in [0.3, 0.4) is 0 Å². The first kappa shape index (κ1) is 20.1. The SMILES string of the molecule is Cc1c(S)cc(CN2CCN(C(=O)OC(C)(C)C)CC2)cc1B(O)O. The number of carbonyl (C=O) groups is 1. The lowest BCUT2D eigenvalue weighted by Crippen LogP contribution is -2.49. The van der Waals surface area contributed by atoms with Crippen molar-refractivity contribution in [3.63, 3.8) is 0 Å². The zero-order valence-corrected chi connectivity index (χ0v) is 16.2. The van der Waals surface area contributed by atoms with Crippen LogP contribution in [0.1, 0.15) is 31.9 Å². The van der Waals surface area contributed by atoms with E-state index in [1.165, 1.54) is 0 Å². The minimum Gasteiger partial charge on any atom is -0.444 e. The van der Waals surface area contributed by atoms with Gasteiger partial charge in [-0.2, -0.15) is 0 Å². The third kappa shape index (κ3) is 5.64. The monoisotopic (exact) mass is 366 g/mol. The number of hydrogen-bond acceptors (Lipinski definition) is 6. The molecule has 1 aromatic rings. The molecule has 6 nitrogen and oxygen atoms in total. The lowest BCUT2D eigenvalue weighted by Gasteiger charge is -2.35. The molecule has 0 atom stereocenters. The Balaban J connectivity index is 1.95. The molecule has 0 saturated carbocycles. The van der Waals surface area contributed by atoms with Gasteiger partial charge in [0.05, 0.1) is 0 Å². The molecule has 1 aromatic carbocycles. The standard InChI is InChI=1S/C17H27BN2O4S/c1-12-14(18(22)23)9-13(10-15(12)25)11-19-5-7-20(8-6-19)16(21)24-17(2,3)4/h9-10,22-23,25H,5-8,11H2,1-4H3. The van der Waals surface area contributed by atoms with Gasteiger partial charge in [0, 0.05) is 37.6 Å². The number of piperazine rings is 1. The number of carbonyl (C=O) groups excluding carboxylic acids is 1. The van der Waals surface area contributed by atoms with Gasteiger partial charge in [0.1, 0.15) is 5.60 Å². The molecule has 0 aromatic heterocycles. The van der Waals surface area contributed by atoms with E-state index in [0.717, 1.165) is 29.1 Å². The summed E-state index contributed by atoms with van der Waals surface area (Å²) in [5.41, 5.74) is 1.75. The van der Waals surface area contributed by atoms with E-state index in [-0.39, 0.29) is 6.09 Å². The molecule has 2 rings (SSSR count). The average Bonchev–Trinajstić information content (AvgIpc) is 2.49. The highest BCUT2D eigenvalue weighted by Gasteiger charge is 2.26. The number of amides is 1. The van der Waals surface area contributed by atoms with Crippen molar-refractivity contribution < 1.29 is 19.6 Å². The molecule has 2 N–H and O–H groups in total. The average molecular weight is 366 g/mol. The van der Waals surface area contributed by atoms with Gasteiger partial charge in [-0.1, -0.05) is 6.07 Å². The summed E-state index contributed by atoms with van der Waals surface area (Å²) in [6.45, 7) is 10.8. The number of ether oxygens (including phenoxy) is 1. The van der Waals surface area contributed by atoms with Crippen LogP contribution in [0.25, 0.3) is 0 Å². The van der Waals surface area contributed by atoms with Crippen molar-refractivity contribution >= 4 is 31.3 Å². The van der Waals surface area contributed by atoms with Crippen LogP contribution in [0, 0.1) is 6.92 Å². The van der Waals surface area contributed by atoms with Crippen LogP contribution >= 0.6 is 12.6 Å². The third-order valence-corrected chi connectivity index (χ3v) is 4.65. The zero-order chi connectivity index (χ0) is 18.8. The first-order chi connectivity index (χ1) is 11.6. The predicted molar refractivity (Wildman–Crippen MR) is 101 cm³/mol. The van der Waals surface area contributed by atoms with Gasteiger partial charge in [-0.3, -0.25) is 4.90 Å². The molecule has 1 aliphatic rings. The van der Waals surface area contributed by atoms with E-state index >= 15 is 0 Å². The molecule has 0 radical (unpaired) electrons. The summed E-state index contributed by atoms with van der Waals surface area (Å²) in [6.07, 6.45) is -0.272. The first-order valence-corrected chi connectivity index (χ1v) is 8.90. The van der Waals surface area contributed by atoms with E-state index in [2.05, 4.69) is 17.5 Å². The van der Waals surface area contributed by atoms with E-state index in [9.17, 15) is 14.8 Å². The van der Waals surface area contributed by atoms with Gasteiger partial charge in [0.15, 0.2) is 0 Å². The Morgan fingerprint density at radius 1 is 1.24 bits per heavy atom. The summed E-state index contributed by atoms with van der Waals surface area (Å²) in [6, 6.07) is 3.75. The van der Waals surface area contributed by atoms with Gasteiger partial charge in [-0.25, -0.2) is 4.79 Å². The quantitative estimate of drug-likeness (QED) is 0.550. The van der Waals surface area contributed by atoms with E-state index in [1.807, 2.05) is 33.8 Å². The van der Waals surface area contributed by atoms with Crippen LogP contribution in [0.2, 0.25) is 0 Å². The van der Waals surface area contributed by atoms with Gasteiger partial charge in [0.2, 0.25) is 0 Å². The lowest BCUT2D eigenvalue weighted by atomic mass is 9.76. The van der Waals surface area contributed by atoms with E-state index in [4.69, 9.17) is 4.74 Å². The topological polar surface area (TPSA) is 73.2 Å². The fourth-order valence-corrected chi connectivity index (χ4v) is 3.11. The summed E-state index contributed by atoms with van der Waals surface area (Å²) in [5, 5.41) is 19.0. The highest BCUT2D eigenvalue weighted by molar-refractivity contribution is 7.80. The summed E-state index contributed by atoms with van der Waals surface area (Å²) >= 11 is 4.42. The van der Waals surface area contributed by atoms with Crippen molar-refractivity contribution in [3.05, 3.63) is 23.3 Å². The largest absolute Gasteiger partial charge is 0.488 e. The molecule has 8 heteroatoms. The molecule has 0 unspecified atom stereocenters. The summed E-state index contributed by atoms with van der Waals surface area (Å²) in [4.78, 5) is 16.8. The first-order valence-electron chi connectivity index (χ1n) is 8.45. The normalized spacial score (nSPS) is 16.0. The molecule has 1 aliphatic heterocycles. The van der Waals surface area contributed by atoms with Gasteiger partial charge in [0.25, 0.3) is 0 Å². The highest BCUT2D eigenvalue weighted by atomic mass is 32.1. The van der Waals surface area contributed by atoms with Crippen LogP contribution in [0.4, 0.5) is 4.79 Å². The minimum atomic E-state index is -1.50. The van der Waals surface area contributed by atoms with Crippen LogP contribution in [0.15, 0.2) is 17.0 Å². The van der Waals surface area contributed by atoms with Crippen molar-refractivity contribution in [3.8, 4) is 0 Å². The number of benzene rings is 1. The van der Waals surface area contributed by atoms with Crippen molar-refractivity contribution in [2.45, 2.75) is 44.7 Å². The second-order valence-corrected chi connectivity index (χ2v) is 7.93. The Labute approximate surface area is 155 Å². The van der Waals surface area contributed by atoms with Gasteiger partial charge in [-0.15, -0.1) is 12.6 Å². The number of rotatable bonds is 3. The van der Waals surface area contributed by atoms with Crippen molar-refractivity contribution in [1.82, 2.24) is 9.80 Å². The second kappa shape index (κ2) is 7.99. The number of hydrogen-bond donors (Lipinski definition) is 3. The molecule has 1 saturated heterocycles. The molecule has 0 aliphatic carbocycles. The second-order valence-electron chi connectivity index (χ2n) is 7.45. The molecule has 1 heterocycles. The maximum Gasteiger partial charge on any atom is 0.488 e. The highest BCUT2D eigenvalue weighted by Crippen LogP contribution is 2.17. The van der Waals surface area contributed by atoms with E-state index < -0.39 is 12.7 Å². The fourth-order valence-electron chi connectivity index (χ4n) is 2.81. The Morgan fingerprint density at radius 3 is 2.36 bits per heavy atom. The molecule has 138 valence electrons. The summed E-state index contributed by atoms with van der Waals surface area (Å²) < 4.78 is 5.40. The third-order valence-electron chi connectivity index (χ3n) is 4.19. The van der Waals surface area contributed by atoms with Gasteiger partial charge >= 0.3 is 13.2 Å². The van der Waals surface area contributed by atoms with E-state index in [0.29, 0.717) is 25.1 Å². The molecule has 1 fully saturated rings. The van der Waals surface area contributed by atoms with Crippen molar-refractivity contribution in [2.24, 2.45) is 0 Å². The maximum atomic E-state index is 12.1. The Morgan fingerprint density at radius 2 is 1.84 bits per heavy atom. The van der Waals surface area contributed by atoms with Gasteiger partial charge < -0.3 is 19.7 Å². The van der Waals surface area contributed by atoms with Gasteiger partial charge in [-0.05, 0) is 50.4 Å². The number of thiol groups is 1. The van der Waals surface area contributed by atoms with E-state index in [1.54, 1.807) is 11.0 Å². The Kier molecular flexibility index (Phi) is 6.43. The molecule has 1 amide bonds. The fraction of sp³-hybridized carbons (Fsp3) is 0.588. The molecular weight excluding hydrogens is 339 g/mol. The molecular formula is C17H27BN2O4S. The Bertz CT molecular complexity index is 626. The lowest BCUT2D eigenvalue weighted by molar-refractivity contribution is 0.0139. The molecule has 25 heavy (non-hydrogen) atoms. The maximum absolute atomic E-state index is 12.1. The smallest absolute Gasteiger partial charge is 0.444 e. The van der Waals surface area contributed by atoms with Crippen LogP contribution in [-0.4, -0.2) is 64.8 Å². The molecule has 0 bridgehead atoms. The van der Waals surface area contributed by atoms with Crippen LogP contribution in [0.5, 0.6) is 0 Å². The van der Waals surface area contributed by atoms with Crippen LogP contribution < -0.4 is 5.46 Å². The predicted octanol–water partition coefficient (Wildman–Crippen LogP) is 1.02. The van der Waals surface area contributed by atoms with Crippen molar-refractivity contribution in [1.29, 1.82) is 0 Å². The van der Waals surface area contributed by atoms with Crippen LogP contribution in [-0.2, 0) is 11.3 Å². The molecule has 0 spiro atoms. The summed E-state index contributed by atoms with van der Waals surface area (Å²) in [5.74, 6) is 0. The zero-order valence-electron chi connectivity index (χ0n) is 15.3.